The maximum atomic E-state index is 10.9. The summed E-state index contributed by atoms with van der Waals surface area (Å²) in [4.78, 5) is 23.2. The molecule has 1 aromatic rings. The van der Waals surface area contributed by atoms with Gasteiger partial charge in [-0.3, -0.25) is 14.5 Å². The second-order valence-electron chi connectivity index (χ2n) is 4.38. The normalized spacial score (nSPS) is 10.6. The van der Waals surface area contributed by atoms with Crippen molar-refractivity contribution in [2.75, 3.05) is 13.1 Å². The molecule has 0 radical (unpaired) electrons. The first-order valence-electron chi connectivity index (χ1n) is 5.67. The average Bonchev–Trinajstić information content (AvgIpc) is 2.21. The molecule has 0 aromatic heterocycles. The molecule has 1 amide bonds. The first-order valence-corrected chi connectivity index (χ1v) is 5.67. The Bertz CT molecular complexity index is 421. The van der Waals surface area contributed by atoms with Gasteiger partial charge in [-0.1, -0.05) is 18.2 Å². The molecule has 1 rings (SSSR count). The van der Waals surface area contributed by atoms with Gasteiger partial charge < -0.3 is 10.8 Å². The van der Waals surface area contributed by atoms with Gasteiger partial charge in [-0.2, -0.15) is 0 Å². The van der Waals surface area contributed by atoms with Crippen LogP contribution < -0.4 is 5.73 Å². The monoisotopic (exact) mass is 250 g/mol. The van der Waals surface area contributed by atoms with Gasteiger partial charge in [0.25, 0.3) is 0 Å². The lowest BCUT2D eigenvalue weighted by Gasteiger charge is -2.21. The zero-order valence-electron chi connectivity index (χ0n) is 10.6. The molecule has 98 valence electrons. The number of carboxylic acid groups (broad SMARTS) is 1. The number of rotatable bonds is 6. The van der Waals surface area contributed by atoms with Crippen LogP contribution in [0, 0.1) is 13.8 Å². The predicted molar refractivity (Wildman–Crippen MR) is 68.0 cm³/mol. The van der Waals surface area contributed by atoms with Crippen LogP contribution >= 0.6 is 0 Å². The highest BCUT2D eigenvalue weighted by Gasteiger charge is 2.14. The molecule has 3 N–H and O–H groups in total. The molecule has 0 fully saturated rings. The first kappa shape index (κ1) is 14.2. The van der Waals surface area contributed by atoms with Crippen LogP contribution in [0.25, 0.3) is 0 Å². The Kier molecular flexibility index (Phi) is 4.85. The third kappa shape index (κ3) is 4.18. The van der Waals surface area contributed by atoms with E-state index in [1.165, 1.54) is 4.90 Å². The van der Waals surface area contributed by atoms with Gasteiger partial charge in [-0.25, -0.2) is 0 Å². The first-order chi connectivity index (χ1) is 8.40. The summed E-state index contributed by atoms with van der Waals surface area (Å²) in [6.45, 7) is 4.08. The molecule has 5 heteroatoms. The lowest BCUT2D eigenvalue weighted by molar-refractivity contribution is -0.138. The highest BCUT2D eigenvalue weighted by Crippen LogP contribution is 2.15. The van der Waals surface area contributed by atoms with Gasteiger partial charge in [0, 0.05) is 6.54 Å². The smallest absolute Gasteiger partial charge is 0.317 e. The number of carboxylic acids is 1. The maximum Gasteiger partial charge on any atom is 0.317 e. The Morgan fingerprint density at radius 2 is 1.78 bits per heavy atom. The molecular formula is C13H18N2O3. The van der Waals surface area contributed by atoms with E-state index in [-0.39, 0.29) is 13.1 Å². The van der Waals surface area contributed by atoms with Crippen LogP contribution in [-0.2, 0) is 16.1 Å². The largest absolute Gasteiger partial charge is 0.480 e. The van der Waals surface area contributed by atoms with Crippen molar-refractivity contribution in [3.05, 3.63) is 34.9 Å². The molecule has 5 nitrogen and oxygen atoms in total. The number of aliphatic carboxylic acids is 1. The van der Waals surface area contributed by atoms with E-state index in [4.69, 9.17) is 10.8 Å². The van der Waals surface area contributed by atoms with Crippen molar-refractivity contribution in [3.63, 3.8) is 0 Å². The third-order valence-electron chi connectivity index (χ3n) is 2.76. The van der Waals surface area contributed by atoms with Crippen LogP contribution in [0.2, 0.25) is 0 Å². The van der Waals surface area contributed by atoms with E-state index in [9.17, 15) is 9.59 Å². The lowest BCUT2D eigenvalue weighted by atomic mass is 10.0. The minimum Gasteiger partial charge on any atom is -0.480 e. The van der Waals surface area contributed by atoms with E-state index < -0.39 is 11.9 Å². The van der Waals surface area contributed by atoms with Gasteiger partial charge in [0.1, 0.15) is 0 Å². The van der Waals surface area contributed by atoms with Crippen molar-refractivity contribution in [2.45, 2.75) is 20.4 Å². The van der Waals surface area contributed by atoms with Crippen LogP contribution in [0.1, 0.15) is 16.7 Å². The quantitative estimate of drug-likeness (QED) is 0.777. The standard InChI is InChI=1S/C13H18N2O3/c1-9-4-3-5-10(2)11(9)6-15(7-12(14)16)8-13(17)18/h3-5H,6-8H2,1-2H3,(H2,14,16)(H,17,18). The number of nitrogens with two attached hydrogens (primary N) is 1. The van der Waals surface area contributed by atoms with E-state index in [1.54, 1.807) is 0 Å². The van der Waals surface area contributed by atoms with Crippen molar-refractivity contribution in [1.82, 2.24) is 4.90 Å². The lowest BCUT2D eigenvalue weighted by Crippen LogP contribution is -2.37. The molecule has 0 aliphatic carbocycles. The van der Waals surface area contributed by atoms with Crippen molar-refractivity contribution in [1.29, 1.82) is 0 Å². The van der Waals surface area contributed by atoms with Gasteiger partial charge in [0.15, 0.2) is 0 Å². The summed E-state index contributed by atoms with van der Waals surface area (Å²) < 4.78 is 0. The Morgan fingerprint density at radius 1 is 1.22 bits per heavy atom. The van der Waals surface area contributed by atoms with Gasteiger partial charge in [0.05, 0.1) is 13.1 Å². The number of aryl methyl sites for hydroxylation is 2. The molecule has 0 bridgehead atoms. The van der Waals surface area contributed by atoms with E-state index in [1.807, 2.05) is 32.0 Å². The molecule has 18 heavy (non-hydrogen) atoms. The Labute approximate surface area is 106 Å². The predicted octanol–water partition coefficient (Wildman–Crippen LogP) is 0.675. The molecule has 0 unspecified atom stereocenters. The van der Waals surface area contributed by atoms with Crippen LogP contribution in [0.15, 0.2) is 18.2 Å². The van der Waals surface area contributed by atoms with Crippen LogP contribution in [0.3, 0.4) is 0 Å². The second kappa shape index (κ2) is 6.16. The molecule has 0 saturated carbocycles. The van der Waals surface area contributed by atoms with E-state index in [2.05, 4.69) is 0 Å². The summed E-state index contributed by atoms with van der Waals surface area (Å²) in [5.41, 5.74) is 8.32. The zero-order chi connectivity index (χ0) is 13.7. The number of nitrogens with zero attached hydrogens (tertiary/aromatic N) is 1. The van der Waals surface area contributed by atoms with E-state index in [0.717, 1.165) is 16.7 Å². The van der Waals surface area contributed by atoms with Gasteiger partial charge in [0.2, 0.25) is 5.91 Å². The van der Waals surface area contributed by atoms with Crippen LogP contribution in [0.4, 0.5) is 0 Å². The maximum absolute atomic E-state index is 10.9. The summed E-state index contributed by atoms with van der Waals surface area (Å²) in [5.74, 6) is -1.50. The fraction of sp³-hybridized carbons (Fsp3) is 0.385. The second-order valence-corrected chi connectivity index (χ2v) is 4.38. The topological polar surface area (TPSA) is 83.6 Å². The van der Waals surface area contributed by atoms with Gasteiger partial charge in [-0.15, -0.1) is 0 Å². The van der Waals surface area contributed by atoms with Gasteiger partial charge in [-0.05, 0) is 30.5 Å². The van der Waals surface area contributed by atoms with Crippen LogP contribution in [-0.4, -0.2) is 35.0 Å². The highest BCUT2D eigenvalue weighted by molar-refractivity contribution is 5.77. The number of hydrogen-bond acceptors (Lipinski definition) is 3. The minimum absolute atomic E-state index is 0.0555. The zero-order valence-corrected chi connectivity index (χ0v) is 10.6. The average molecular weight is 250 g/mol. The fourth-order valence-corrected chi connectivity index (χ4v) is 1.90. The van der Waals surface area contributed by atoms with E-state index >= 15 is 0 Å². The van der Waals surface area contributed by atoms with E-state index in [0.29, 0.717) is 6.54 Å². The number of amides is 1. The number of carbonyl (C=O) groups excluding carboxylic acids is 1. The summed E-state index contributed by atoms with van der Waals surface area (Å²) in [6, 6.07) is 5.88. The Morgan fingerprint density at radius 3 is 2.22 bits per heavy atom. The molecule has 0 spiro atoms. The van der Waals surface area contributed by atoms with Crippen molar-refractivity contribution in [3.8, 4) is 0 Å². The number of primary amides is 1. The summed E-state index contributed by atoms with van der Waals surface area (Å²) in [5, 5.41) is 8.82. The fourth-order valence-electron chi connectivity index (χ4n) is 1.90. The molecule has 0 aliphatic heterocycles. The molecule has 0 heterocycles. The summed E-state index contributed by atoms with van der Waals surface area (Å²) in [6.07, 6.45) is 0. The van der Waals surface area contributed by atoms with Crippen molar-refractivity contribution >= 4 is 11.9 Å². The Balaban J connectivity index is 2.88. The summed E-state index contributed by atoms with van der Waals surface area (Å²) >= 11 is 0. The van der Waals surface area contributed by atoms with Crippen molar-refractivity contribution in [2.24, 2.45) is 5.73 Å². The SMILES string of the molecule is Cc1cccc(C)c1CN(CC(N)=O)CC(=O)O. The number of hydrogen-bond donors (Lipinski definition) is 2. The molecule has 0 atom stereocenters. The van der Waals surface area contributed by atoms with Crippen LogP contribution in [0.5, 0.6) is 0 Å². The molecule has 0 saturated heterocycles. The molecule has 1 aromatic carbocycles. The molecular weight excluding hydrogens is 232 g/mol. The number of benzene rings is 1. The minimum atomic E-state index is -0.970. The third-order valence-corrected chi connectivity index (χ3v) is 2.76. The Hall–Kier alpha value is -1.88. The highest BCUT2D eigenvalue weighted by atomic mass is 16.4. The van der Waals surface area contributed by atoms with Gasteiger partial charge >= 0.3 is 5.97 Å². The summed E-state index contributed by atoms with van der Waals surface area (Å²) in [7, 11) is 0. The number of carbonyl (C=O) groups is 2. The van der Waals surface area contributed by atoms with Crippen molar-refractivity contribution < 1.29 is 14.7 Å². The molecule has 0 aliphatic rings.